The van der Waals surface area contributed by atoms with Gasteiger partial charge in [-0.2, -0.15) is 12.7 Å². The van der Waals surface area contributed by atoms with Crippen LogP contribution in [-0.2, 0) is 10.2 Å². The molecule has 0 aromatic carbocycles. The highest BCUT2D eigenvalue weighted by Gasteiger charge is 2.26. The van der Waals surface area contributed by atoms with Crippen LogP contribution in [0.4, 0.5) is 0 Å². The van der Waals surface area contributed by atoms with E-state index in [2.05, 4.69) is 17.0 Å². The average Bonchev–Trinajstić information content (AvgIpc) is 2.27. The van der Waals surface area contributed by atoms with Gasteiger partial charge in [-0.25, -0.2) is 4.72 Å². The molecule has 18 heavy (non-hydrogen) atoms. The second kappa shape index (κ2) is 8.32. The summed E-state index contributed by atoms with van der Waals surface area (Å²) in [6, 6.07) is 0.164. The van der Waals surface area contributed by atoms with Gasteiger partial charge in [0.05, 0.1) is 0 Å². The highest BCUT2D eigenvalue weighted by Crippen LogP contribution is 2.17. The molecule has 7 heteroatoms. The fourth-order valence-electron chi connectivity index (χ4n) is 2.11. The standard InChI is InChI=1S/C11H25N3O2S.ClH/c1-4-12-11(3)8-13-17(15,16)14-7-5-6-10(2)9-14;/h10-13H,4-9H2,1-3H3;1H/t10?,11-;/m1./s1. The van der Waals surface area contributed by atoms with E-state index in [-0.39, 0.29) is 18.4 Å². The SMILES string of the molecule is CCN[C@H](C)CNS(=O)(=O)N1CCCC(C)C1.Cl. The van der Waals surface area contributed by atoms with Crippen LogP contribution >= 0.6 is 12.4 Å². The van der Waals surface area contributed by atoms with Gasteiger partial charge in [-0.15, -0.1) is 12.4 Å². The smallest absolute Gasteiger partial charge is 0.279 e. The molecule has 1 heterocycles. The largest absolute Gasteiger partial charge is 0.313 e. The fraction of sp³-hybridized carbons (Fsp3) is 1.00. The number of nitrogens with zero attached hydrogens (tertiary/aromatic N) is 1. The third-order valence-corrected chi connectivity index (χ3v) is 4.63. The Morgan fingerprint density at radius 2 is 2.11 bits per heavy atom. The minimum absolute atomic E-state index is 0. The van der Waals surface area contributed by atoms with Crippen LogP contribution < -0.4 is 10.0 Å². The normalized spacial score (nSPS) is 23.4. The zero-order chi connectivity index (χ0) is 12.9. The first-order chi connectivity index (χ1) is 7.95. The van der Waals surface area contributed by atoms with Gasteiger partial charge >= 0.3 is 0 Å². The number of nitrogens with one attached hydrogen (secondary N) is 2. The van der Waals surface area contributed by atoms with Crippen LogP contribution in [0.3, 0.4) is 0 Å². The van der Waals surface area contributed by atoms with E-state index in [1.807, 2.05) is 13.8 Å². The first-order valence-electron chi connectivity index (χ1n) is 6.43. The van der Waals surface area contributed by atoms with E-state index in [9.17, 15) is 8.42 Å². The van der Waals surface area contributed by atoms with Crippen molar-refractivity contribution in [3.8, 4) is 0 Å². The predicted octanol–water partition coefficient (Wildman–Crippen LogP) is 0.972. The summed E-state index contributed by atoms with van der Waals surface area (Å²) in [7, 11) is -3.29. The second-order valence-corrected chi connectivity index (χ2v) is 6.67. The van der Waals surface area contributed by atoms with E-state index in [4.69, 9.17) is 0 Å². The molecule has 110 valence electrons. The first-order valence-corrected chi connectivity index (χ1v) is 7.87. The molecular formula is C11H26ClN3O2S. The Balaban J connectivity index is 0.00000289. The summed E-state index contributed by atoms with van der Waals surface area (Å²) in [5, 5.41) is 3.18. The van der Waals surface area contributed by atoms with E-state index in [1.54, 1.807) is 4.31 Å². The van der Waals surface area contributed by atoms with Gasteiger partial charge < -0.3 is 5.32 Å². The summed E-state index contributed by atoms with van der Waals surface area (Å²) < 4.78 is 28.3. The van der Waals surface area contributed by atoms with Crippen LogP contribution in [0.15, 0.2) is 0 Å². The maximum atomic E-state index is 12.0. The van der Waals surface area contributed by atoms with Crippen molar-refractivity contribution in [1.29, 1.82) is 0 Å². The van der Waals surface area contributed by atoms with Crippen molar-refractivity contribution < 1.29 is 8.42 Å². The molecule has 1 aliphatic rings. The molecule has 2 atom stereocenters. The maximum absolute atomic E-state index is 12.0. The Labute approximate surface area is 117 Å². The van der Waals surface area contributed by atoms with Gasteiger partial charge in [0.25, 0.3) is 10.2 Å². The Morgan fingerprint density at radius 1 is 1.44 bits per heavy atom. The summed E-state index contributed by atoms with van der Waals surface area (Å²) in [6.45, 7) is 8.68. The molecule has 1 saturated heterocycles. The van der Waals surface area contributed by atoms with Crippen molar-refractivity contribution in [3.63, 3.8) is 0 Å². The third-order valence-electron chi connectivity index (χ3n) is 3.08. The lowest BCUT2D eigenvalue weighted by atomic mass is 10.0. The van der Waals surface area contributed by atoms with Crippen LogP contribution in [0.25, 0.3) is 0 Å². The van der Waals surface area contributed by atoms with Crippen LogP contribution in [-0.4, -0.2) is 44.9 Å². The minimum atomic E-state index is -3.29. The number of hydrogen-bond donors (Lipinski definition) is 2. The Hall–Kier alpha value is 0.120. The van der Waals surface area contributed by atoms with Gasteiger partial charge in [-0.05, 0) is 32.2 Å². The number of hydrogen-bond acceptors (Lipinski definition) is 3. The molecule has 0 bridgehead atoms. The highest BCUT2D eigenvalue weighted by molar-refractivity contribution is 7.87. The molecule has 0 aromatic rings. The van der Waals surface area contributed by atoms with Crippen molar-refractivity contribution >= 4 is 22.6 Å². The van der Waals surface area contributed by atoms with E-state index in [0.29, 0.717) is 25.6 Å². The predicted molar refractivity (Wildman–Crippen MR) is 77.3 cm³/mol. The molecule has 5 nitrogen and oxygen atoms in total. The zero-order valence-corrected chi connectivity index (χ0v) is 13.1. The maximum Gasteiger partial charge on any atom is 0.279 e. The topological polar surface area (TPSA) is 61.4 Å². The van der Waals surface area contributed by atoms with Gasteiger partial charge in [-0.1, -0.05) is 13.8 Å². The average molecular weight is 300 g/mol. The molecule has 0 aliphatic carbocycles. The molecule has 0 aromatic heterocycles. The van der Waals surface area contributed by atoms with Gasteiger partial charge in [0.2, 0.25) is 0 Å². The van der Waals surface area contributed by atoms with Crippen LogP contribution in [0.1, 0.15) is 33.6 Å². The first kappa shape index (κ1) is 18.1. The van der Waals surface area contributed by atoms with Crippen LogP contribution in [0.2, 0.25) is 0 Å². The van der Waals surface area contributed by atoms with Crippen molar-refractivity contribution in [1.82, 2.24) is 14.3 Å². The zero-order valence-electron chi connectivity index (χ0n) is 11.5. The van der Waals surface area contributed by atoms with E-state index in [1.165, 1.54) is 0 Å². The number of likely N-dealkylation sites (N-methyl/N-ethyl adjacent to an activating group) is 1. The lowest BCUT2D eigenvalue weighted by Crippen LogP contribution is -2.48. The van der Waals surface area contributed by atoms with Crippen molar-refractivity contribution in [2.24, 2.45) is 5.92 Å². The molecule has 0 saturated carbocycles. The summed E-state index contributed by atoms with van der Waals surface area (Å²) in [5.41, 5.74) is 0. The molecule has 0 radical (unpaired) electrons. The van der Waals surface area contributed by atoms with Crippen LogP contribution in [0.5, 0.6) is 0 Å². The van der Waals surface area contributed by atoms with Gasteiger partial charge in [-0.3, -0.25) is 0 Å². The van der Waals surface area contributed by atoms with Crippen molar-refractivity contribution in [2.45, 2.75) is 39.7 Å². The summed E-state index contributed by atoms with van der Waals surface area (Å²) in [5.74, 6) is 0.464. The molecule has 0 spiro atoms. The Morgan fingerprint density at radius 3 is 2.67 bits per heavy atom. The summed E-state index contributed by atoms with van der Waals surface area (Å²) in [6.07, 6.45) is 2.09. The summed E-state index contributed by atoms with van der Waals surface area (Å²) in [4.78, 5) is 0. The fourth-order valence-corrected chi connectivity index (χ4v) is 3.57. The lowest BCUT2D eigenvalue weighted by molar-refractivity contribution is 0.277. The van der Waals surface area contributed by atoms with Gasteiger partial charge in [0, 0.05) is 25.7 Å². The van der Waals surface area contributed by atoms with E-state index >= 15 is 0 Å². The monoisotopic (exact) mass is 299 g/mol. The van der Waals surface area contributed by atoms with Gasteiger partial charge in [0.1, 0.15) is 0 Å². The highest BCUT2D eigenvalue weighted by atomic mass is 35.5. The minimum Gasteiger partial charge on any atom is -0.313 e. The number of rotatable bonds is 6. The van der Waals surface area contributed by atoms with Crippen LogP contribution in [0, 0.1) is 5.92 Å². The Bertz CT molecular complexity index is 324. The number of halogens is 1. The van der Waals surface area contributed by atoms with Gasteiger partial charge in [0.15, 0.2) is 0 Å². The summed E-state index contributed by atoms with van der Waals surface area (Å²) >= 11 is 0. The quantitative estimate of drug-likeness (QED) is 0.768. The van der Waals surface area contributed by atoms with E-state index < -0.39 is 10.2 Å². The molecule has 2 N–H and O–H groups in total. The second-order valence-electron chi connectivity index (χ2n) is 4.92. The third kappa shape index (κ3) is 5.84. The lowest BCUT2D eigenvalue weighted by Gasteiger charge is -2.30. The molecule has 0 amide bonds. The number of piperidine rings is 1. The Kier molecular flexibility index (Phi) is 8.38. The molecule has 1 aliphatic heterocycles. The molecule has 1 rings (SSSR count). The van der Waals surface area contributed by atoms with Crippen molar-refractivity contribution in [2.75, 3.05) is 26.2 Å². The van der Waals surface area contributed by atoms with Crippen molar-refractivity contribution in [3.05, 3.63) is 0 Å². The van der Waals surface area contributed by atoms with E-state index in [0.717, 1.165) is 19.4 Å². The molecular weight excluding hydrogens is 274 g/mol. The molecule has 1 fully saturated rings. The molecule has 1 unspecified atom stereocenters.